The van der Waals surface area contributed by atoms with Gasteiger partial charge in [0, 0.05) is 6.54 Å². The van der Waals surface area contributed by atoms with E-state index in [0.717, 1.165) is 25.8 Å². The predicted octanol–water partition coefficient (Wildman–Crippen LogP) is 2.56. The van der Waals surface area contributed by atoms with E-state index in [2.05, 4.69) is 26.1 Å². The van der Waals surface area contributed by atoms with Gasteiger partial charge in [0.1, 0.15) is 0 Å². The Morgan fingerprint density at radius 2 is 2.15 bits per heavy atom. The molecular weight excluding hydrogens is 166 g/mol. The highest BCUT2D eigenvalue weighted by Gasteiger charge is 2.03. The maximum Gasteiger partial charge on any atom is 0.407 e. The molecule has 3 nitrogen and oxygen atoms in total. The molecule has 1 N–H and O–H groups in total. The van der Waals surface area contributed by atoms with Gasteiger partial charge in [0.2, 0.25) is 0 Å². The Bertz CT molecular complexity index is 137. The third-order valence-corrected chi connectivity index (χ3v) is 2.00. The van der Waals surface area contributed by atoms with Crippen molar-refractivity contribution in [1.29, 1.82) is 0 Å². The molecule has 0 bridgehead atoms. The van der Waals surface area contributed by atoms with Gasteiger partial charge in [-0.1, -0.05) is 33.6 Å². The number of rotatable bonds is 6. The summed E-state index contributed by atoms with van der Waals surface area (Å²) in [6, 6.07) is 0. The van der Waals surface area contributed by atoms with E-state index >= 15 is 0 Å². The zero-order valence-corrected chi connectivity index (χ0v) is 8.93. The van der Waals surface area contributed by atoms with Gasteiger partial charge in [-0.25, -0.2) is 4.79 Å². The van der Waals surface area contributed by atoms with Crippen LogP contribution in [0.3, 0.4) is 0 Å². The number of nitrogens with one attached hydrogen (secondary N) is 1. The predicted molar refractivity (Wildman–Crippen MR) is 53.7 cm³/mol. The number of carbonyl (C=O) groups is 1. The summed E-state index contributed by atoms with van der Waals surface area (Å²) in [4.78, 5) is 11.0. The highest BCUT2D eigenvalue weighted by molar-refractivity contribution is 5.66. The number of carbonyl (C=O) groups excluding carboxylic acids is 1. The van der Waals surface area contributed by atoms with Gasteiger partial charge >= 0.3 is 6.09 Å². The fourth-order valence-electron chi connectivity index (χ4n) is 0.754. The Labute approximate surface area is 80.8 Å². The average Bonchev–Trinajstić information content (AvgIpc) is 2.14. The van der Waals surface area contributed by atoms with E-state index in [0.29, 0.717) is 12.5 Å². The summed E-state index contributed by atoms with van der Waals surface area (Å²) in [5, 5.41) is 2.70. The number of ether oxygens (including phenoxy) is 1. The van der Waals surface area contributed by atoms with Gasteiger partial charge in [0.25, 0.3) is 0 Å². The zero-order valence-electron chi connectivity index (χ0n) is 8.93. The molecule has 0 aromatic heterocycles. The van der Waals surface area contributed by atoms with Gasteiger partial charge in [-0.2, -0.15) is 0 Å². The van der Waals surface area contributed by atoms with Crippen molar-refractivity contribution in [2.75, 3.05) is 13.2 Å². The first-order chi connectivity index (χ1) is 6.20. The smallest absolute Gasteiger partial charge is 0.407 e. The first-order valence-electron chi connectivity index (χ1n) is 5.11. The Kier molecular flexibility index (Phi) is 7.45. The van der Waals surface area contributed by atoms with E-state index in [4.69, 9.17) is 4.74 Å². The minimum atomic E-state index is -0.284. The number of unbranched alkanes of at least 4 members (excludes halogenated alkanes) is 1. The molecule has 1 unspecified atom stereocenters. The van der Waals surface area contributed by atoms with Crippen LogP contribution in [0.4, 0.5) is 4.79 Å². The summed E-state index contributed by atoms with van der Waals surface area (Å²) in [5.74, 6) is 0.455. The number of hydrogen-bond acceptors (Lipinski definition) is 2. The minimum absolute atomic E-state index is 0.284. The molecule has 0 radical (unpaired) electrons. The molecule has 1 atom stereocenters. The Hall–Kier alpha value is -0.730. The molecule has 1 amide bonds. The van der Waals surface area contributed by atoms with Crippen LogP contribution in [0.5, 0.6) is 0 Å². The molecule has 0 fully saturated rings. The molecule has 0 saturated carbocycles. The summed E-state index contributed by atoms with van der Waals surface area (Å²) in [5.41, 5.74) is 0. The van der Waals surface area contributed by atoms with Crippen LogP contribution in [-0.2, 0) is 4.74 Å². The van der Waals surface area contributed by atoms with Crippen molar-refractivity contribution in [2.45, 2.75) is 40.0 Å². The van der Waals surface area contributed by atoms with Gasteiger partial charge in [-0.15, -0.1) is 0 Å². The Balaban J connectivity index is 3.30. The second-order valence-electron chi connectivity index (χ2n) is 3.39. The van der Waals surface area contributed by atoms with Gasteiger partial charge in [0.15, 0.2) is 0 Å². The summed E-state index contributed by atoms with van der Waals surface area (Å²) < 4.78 is 4.99. The lowest BCUT2D eigenvalue weighted by Gasteiger charge is -2.10. The van der Waals surface area contributed by atoms with Gasteiger partial charge in [-0.05, 0) is 12.3 Å². The first-order valence-corrected chi connectivity index (χ1v) is 5.11. The van der Waals surface area contributed by atoms with E-state index in [9.17, 15) is 4.79 Å². The van der Waals surface area contributed by atoms with Crippen molar-refractivity contribution in [2.24, 2.45) is 5.92 Å². The van der Waals surface area contributed by atoms with Crippen molar-refractivity contribution in [3.8, 4) is 0 Å². The summed E-state index contributed by atoms with van der Waals surface area (Å²) in [7, 11) is 0. The highest BCUT2D eigenvalue weighted by Crippen LogP contribution is 2.00. The molecule has 0 aliphatic carbocycles. The molecule has 3 heteroatoms. The van der Waals surface area contributed by atoms with Crippen molar-refractivity contribution in [3.05, 3.63) is 0 Å². The first kappa shape index (κ1) is 12.3. The van der Waals surface area contributed by atoms with Crippen LogP contribution in [0, 0.1) is 5.92 Å². The molecule has 0 aliphatic rings. The Morgan fingerprint density at radius 3 is 2.69 bits per heavy atom. The normalized spacial score (nSPS) is 12.2. The lowest BCUT2D eigenvalue weighted by atomic mass is 10.1. The van der Waals surface area contributed by atoms with E-state index in [1.54, 1.807) is 0 Å². The molecule has 0 saturated heterocycles. The molecular formula is C10H21NO2. The minimum Gasteiger partial charge on any atom is -0.449 e. The molecule has 0 spiro atoms. The lowest BCUT2D eigenvalue weighted by Crippen LogP contribution is -2.26. The largest absolute Gasteiger partial charge is 0.449 e. The fraction of sp³-hybridized carbons (Fsp3) is 0.900. The number of alkyl carbamates (subject to hydrolysis) is 1. The van der Waals surface area contributed by atoms with Crippen LogP contribution in [0.2, 0.25) is 0 Å². The van der Waals surface area contributed by atoms with E-state index in [-0.39, 0.29) is 6.09 Å². The fourth-order valence-corrected chi connectivity index (χ4v) is 0.754. The number of hydrogen-bond donors (Lipinski definition) is 1. The summed E-state index contributed by atoms with van der Waals surface area (Å²) >= 11 is 0. The Morgan fingerprint density at radius 1 is 1.46 bits per heavy atom. The SMILES string of the molecule is CCCCNC(=O)OCC(C)CC. The summed E-state index contributed by atoms with van der Waals surface area (Å²) in [6.07, 6.45) is 2.86. The van der Waals surface area contributed by atoms with Crippen LogP contribution in [0.1, 0.15) is 40.0 Å². The third kappa shape index (κ3) is 7.62. The van der Waals surface area contributed by atoms with Gasteiger partial charge in [-0.3, -0.25) is 0 Å². The van der Waals surface area contributed by atoms with E-state index in [1.807, 2.05) is 0 Å². The lowest BCUT2D eigenvalue weighted by molar-refractivity contribution is 0.129. The zero-order chi connectivity index (χ0) is 10.1. The van der Waals surface area contributed by atoms with Crippen LogP contribution >= 0.6 is 0 Å². The highest BCUT2D eigenvalue weighted by atomic mass is 16.5. The number of amides is 1. The third-order valence-electron chi connectivity index (χ3n) is 2.00. The van der Waals surface area contributed by atoms with Crippen LogP contribution in [0.15, 0.2) is 0 Å². The standard InChI is InChI=1S/C10H21NO2/c1-4-6-7-11-10(12)13-8-9(3)5-2/h9H,4-8H2,1-3H3,(H,11,12). The second-order valence-corrected chi connectivity index (χ2v) is 3.39. The topological polar surface area (TPSA) is 38.3 Å². The second kappa shape index (κ2) is 7.90. The summed E-state index contributed by atoms with van der Waals surface area (Å²) in [6.45, 7) is 7.48. The van der Waals surface area contributed by atoms with Gasteiger partial charge in [0.05, 0.1) is 6.61 Å². The molecule has 13 heavy (non-hydrogen) atoms. The van der Waals surface area contributed by atoms with Crippen molar-refractivity contribution in [1.82, 2.24) is 5.32 Å². The molecule has 0 aromatic rings. The molecule has 0 aromatic carbocycles. The maximum absolute atomic E-state index is 11.0. The molecule has 0 rings (SSSR count). The van der Waals surface area contributed by atoms with Crippen molar-refractivity contribution < 1.29 is 9.53 Å². The van der Waals surface area contributed by atoms with E-state index < -0.39 is 0 Å². The molecule has 78 valence electrons. The van der Waals surface area contributed by atoms with Crippen LogP contribution in [0.25, 0.3) is 0 Å². The maximum atomic E-state index is 11.0. The quantitative estimate of drug-likeness (QED) is 0.649. The van der Waals surface area contributed by atoms with Crippen molar-refractivity contribution in [3.63, 3.8) is 0 Å². The van der Waals surface area contributed by atoms with E-state index in [1.165, 1.54) is 0 Å². The van der Waals surface area contributed by atoms with Gasteiger partial charge < -0.3 is 10.1 Å². The van der Waals surface area contributed by atoms with Crippen LogP contribution < -0.4 is 5.32 Å². The van der Waals surface area contributed by atoms with Crippen molar-refractivity contribution >= 4 is 6.09 Å². The monoisotopic (exact) mass is 187 g/mol. The average molecular weight is 187 g/mol. The van der Waals surface area contributed by atoms with Crippen LogP contribution in [-0.4, -0.2) is 19.2 Å². The molecule has 0 aliphatic heterocycles. The molecule has 0 heterocycles.